The Bertz CT molecular complexity index is 1380. The van der Waals surface area contributed by atoms with Gasteiger partial charge in [-0.15, -0.1) is 0 Å². The van der Waals surface area contributed by atoms with Crippen LogP contribution in [0.4, 0.5) is 10.1 Å². The zero-order chi connectivity index (χ0) is 24.2. The van der Waals surface area contributed by atoms with Gasteiger partial charge in [0.25, 0.3) is 17.9 Å². The molecule has 1 aliphatic carbocycles. The SMILES string of the molecule is COc1cnc(C(=O)Nc2ccc3c(c2)[C@@]2(CCOC(N)=N2)c2cc(C4CC4)nc(F)c2O3)cn1. The van der Waals surface area contributed by atoms with Crippen LogP contribution >= 0.6 is 0 Å². The van der Waals surface area contributed by atoms with Crippen molar-refractivity contribution in [2.75, 3.05) is 19.0 Å². The van der Waals surface area contributed by atoms with Gasteiger partial charge in [-0.2, -0.15) is 4.39 Å². The summed E-state index contributed by atoms with van der Waals surface area (Å²) < 4.78 is 31.5. The van der Waals surface area contributed by atoms with Gasteiger partial charge in [-0.05, 0) is 37.1 Å². The van der Waals surface area contributed by atoms with E-state index in [1.54, 1.807) is 18.2 Å². The van der Waals surface area contributed by atoms with Gasteiger partial charge < -0.3 is 25.3 Å². The number of methoxy groups -OCH3 is 1. The average molecular weight is 476 g/mol. The van der Waals surface area contributed by atoms with Crippen molar-refractivity contribution in [1.82, 2.24) is 15.0 Å². The van der Waals surface area contributed by atoms with Gasteiger partial charge in [0.2, 0.25) is 5.88 Å². The van der Waals surface area contributed by atoms with E-state index >= 15 is 4.39 Å². The second kappa shape index (κ2) is 7.90. The van der Waals surface area contributed by atoms with Crippen molar-refractivity contribution in [1.29, 1.82) is 0 Å². The van der Waals surface area contributed by atoms with Crippen LogP contribution in [-0.4, -0.2) is 40.6 Å². The summed E-state index contributed by atoms with van der Waals surface area (Å²) >= 11 is 0. The standard InChI is InChI=1S/C24H21FN6O4/c1-33-19-11-27-17(10-28-19)22(32)29-13-4-5-18-14(8-13)24(6-7-34-23(26)31-24)15-9-16(12-2-3-12)30-21(25)20(15)35-18/h4-5,8-12H,2-3,6-7H2,1H3,(H2,26,31)(H,29,32)/t24-/m0/s1. The van der Waals surface area contributed by atoms with Crippen molar-refractivity contribution >= 4 is 17.6 Å². The highest BCUT2D eigenvalue weighted by molar-refractivity contribution is 6.02. The number of amidine groups is 1. The zero-order valence-corrected chi connectivity index (χ0v) is 18.7. The molecule has 2 aliphatic heterocycles. The van der Waals surface area contributed by atoms with E-state index in [4.69, 9.17) is 19.9 Å². The van der Waals surface area contributed by atoms with Gasteiger partial charge in [0, 0.05) is 34.8 Å². The number of nitrogens with zero attached hydrogens (tertiary/aromatic N) is 4. The van der Waals surface area contributed by atoms with Gasteiger partial charge in [-0.25, -0.2) is 19.9 Å². The summed E-state index contributed by atoms with van der Waals surface area (Å²) in [6, 6.07) is 6.93. The fourth-order valence-electron chi connectivity index (χ4n) is 4.49. The fourth-order valence-corrected chi connectivity index (χ4v) is 4.49. The van der Waals surface area contributed by atoms with E-state index in [-0.39, 0.29) is 30.0 Å². The van der Waals surface area contributed by atoms with Crippen LogP contribution in [0.5, 0.6) is 17.4 Å². The summed E-state index contributed by atoms with van der Waals surface area (Å²) in [5.74, 6) is -0.164. The zero-order valence-electron chi connectivity index (χ0n) is 18.7. The van der Waals surface area contributed by atoms with Crippen LogP contribution in [0.25, 0.3) is 0 Å². The number of nitrogens with one attached hydrogen (secondary N) is 1. The molecule has 1 amide bonds. The second-order valence-corrected chi connectivity index (χ2v) is 8.61. The Labute approximate surface area is 199 Å². The first kappa shape index (κ1) is 21.3. The molecule has 10 nitrogen and oxygen atoms in total. The van der Waals surface area contributed by atoms with E-state index < -0.39 is 17.4 Å². The molecule has 1 aromatic carbocycles. The Kier molecular flexibility index (Phi) is 4.80. The molecule has 1 spiro atoms. The number of halogens is 1. The molecule has 0 saturated heterocycles. The molecule has 35 heavy (non-hydrogen) atoms. The smallest absolute Gasteiger partial charge is 0.283 e. The molecule has 178 valence electrons. The first-order valence-corrected chi connectivity index (χ1v) is 11.2. The van der Waals surface area contributed by atoms with Gasteiger partial charge in [0.05, 0.1) is 26.1 Å². The summed E-state index contributed by atoms with van der Waals surface area (Å²) in [6.07, 6.45) is 5.03. The predicted molar refractivity (Wildman–Crippen MR) is 122 cm³/mol. The number of hydrogen-bond acceptors (Lipinski definition) is 9. The minimum Gasteiger partial charge on any atom is -0.480 e. The lowest BCUT2D eigenvalue weighted by molar-refractivity contribution is 0.102. The molecule has 0 radical (unpaired) electrons. The number of aliphatic imine (C=N–C) groups is 1. The Hall–Kier alpha value is -4.28. The normalized spacial score (nSPS) is 20.1. The number of carbonyl (C=O) groups excluding carboxylic acids is 1. The lowest BCUT2D eigenvalue weighted by Crippen LogP contribution is -2.39. The third-order valence-corrected chi connectivity index (χ3v) is 6.37. The predicted octanol–water partition coefficient (Wildman–Crippen LogP) is 3.23. The van der Waals surface area contributed by atoms with E-state index in [9.17, 15) is 4.79 Å². The third-order valence-electron chi connectivity index (χ3n) is 6.37. The number of rotatable bonds is 4. The van der Waals surface area contributed by atoms with Gasteiger partial charge in [0.15, 0.2) is 5.75 Å². The topological polar surface area (TPSA) is 134 Å². The highest BCUT2D eigenvalue weighted by atomic mass is 19.1. The quantitative estimate of drug-likeness (QED) is 0.548. The Morgan fingerprint density at radius 3 is 2.80 bits per heavy atom. The first-order chi connectivity index (χ1) is 17.0. The van der Waals surface area contributed by atoms with Crippen molar-refractivity contribution < 1.29 is 23.4 Å². The number of pyridine rings is 1. The van der Waals surface area contributed by atoms with Gasteiger partial charge >= 0.3 is 0 Å². The number of anilines is 1. The maximum atomic E-state index is 15.1. The molecule has 6 rings (SSSR count). The summed E-state index contributed by atoms with van der Waals surface area (Å²) in [5, 5.41) is 2.82. The largest absolute Gasteiger partial charge is 0.480 e. The highest BCUT2D eigenvalue weighted by Crippen LogP contribution is 2.54. The maximum Gasteiger partial charge on any atom is 0.283 e. The Morgan fingerprint density at radius 2 is 2.09 bits per heavy atom. The maximum absolute atomic E-state index is 15.1. The summed E-state index contributed by atoms with van der Waals surface area (Å²) in [4.78, 5) is 29.6. The number of hydrogen-bond donors (Lipinski definition) is 2. The lowest BCUT2D eigenvalue weighted by Gasteiger charge is -2.39. The molecule has 11 heteroatoms. The lowest BCUT2D eigenvalue weighted by atomic mass is 9.77. The number of aromatic nitrogens is 3. The molecule has 1 saturated carbocycles. The molecule has 0 unspecified atom stereocenters. The number of benzene rings is 1. The minimum absolute atomic E-state index is 0.00295. The van der Waals surface area contributed by atoms with E-state index in [0.717, 1.165) is 12.8 Å². The Balaban J connectivity index is 1.42. The molecule has 1 atom stereocenters. The van der Waals surface area contributed by atoms with Gasteiger partial charge in [-0.1, -0.05) is 0 Å². The summed E-state index contributed by atoms with van der Waals surface area (Å²) in [5.41, 5.74) is 7.43. The van der Waals surface area contributed by atoms with Crippen LogP contribution in [0.2, 0.25) is 0 Å². The second-order valence-electron chi connectivity index (χ2n) is 8.61. The molecule has 2 aromatic heterocycles. The monoisotopic (exact) mass is 476 g/mol. The average Bonchev–Trinajstić information content (AvgIpc) is 3.71. The number of fused-ring (bicyclic) bond motifs is 4. The van der Waals surface area contributed by atoms with Gasteiger partial charge in [-0.3, -0.25) is 4.79 Å². The number of carbonyl (C=O) groups is 1. The molecule has 0 bridgehead atoms. The van der Waals surface area contributed by atoms with Crippen LogP contribution < -0.4 is 20.5 Å². The van der Waals surface area contributed by atoms with Gasteiger partial charge in [0.1, 0.15) is 17.0 Å². The molecule has 3 N–H and O–H groups in total. The Morgan fingerprint density at radius 1 is 1.23 bits per heavy atom. The number of amides is 1. The number of ether oxygens (including phenoxy) is 3. The van der Waals surface area contributed by atoms with E-state index in [0.29, 0.717) is 40.6 Å². The minimum atomic E-state index is -1.04. The molecule has 3 aromatic rings. The summed E-state index contributed by atoms with van der Waals surface area (Å²) in [6.45, 7) is 0.287. The van der Waals surface area contributed by atoms with Crippen LogP contribution in [0.1, 0.15) is 52.5 Å². The van der Waals surface area contributed by atoms with Crippen LogP contribution in [-0.2, 0) is 10.3 Å². The fraction of sp³-hybridized carbons (Fsp3) is 0.292. The van der Waals surface area contributed by atoms with E-state index in [1.807, 2.05) is 6.07 Å². The van der Waals surface area contributed by atoms with Crippen molar-refractivity contribution in [3.8, 4) is 17.4 Å². The first-order valence-electron chi connectivity index (χ1n) is 11.2. The van der Waals surface area contributed by atoms with Crippen LogP contribution in [0.15, 0.2) is 41.7 Å². The molecular weight excluding hydrogens is 455 g/mol. The van der Waals surface area contributed by atoms with Crippen molar-refractivity contribution in [3.63, 3.8) is 0 Å². The molecule has 1 fully saturated rings. The molecule has 4 heterocycles. The van der Waals surface area contributed by atoms with Crippen molar-refractivity contribution in [2.24, 2.45) is 10.7 Å². The van der Waals surface area contributed by atoms with E-state index in [2.05, 4.69) is 25.3 Å². The van der Waals surface area contributed by atoms with Crippen LogP contribution in [0.3, 0.4) is 0 Å². The molecule has 3 aliphatic rings. The highest BCUT2D eigenvalue weighted by Gasteiger charge is 2.47. The van der Waals surface area contributed by atoms with Crippen molar-refractivity contribution in [2.45, 2.75) is 30.7 Å². The number of nitrogens with two attached hydrogens (primary N) is 1. The van der Waals surface area contributed by atoms with Crippen LogP contribution in [0, 0.1) is 5.95 Å². The van der Waals surface area contributed by atoms with Crippen molar-refractivity contribution in [3.05, 3.63) is 65.1 Å². The summed E-state index contributed by atoms with van der Waals surface area (Å²) in [7, 11) is 1.47. The molecular formula is C24H21FN6O4. The van der Waals surface area contributed by atoms with E-state index in [1.165, 1.54) is 19.5 Å². The third kappa shape index (κ3) is 3.59.